The van der Waals surface area contributed by atoms with Crippen molar-refractivity contribution in [3.8, 4) is 0 Å². The Hall–Kier alpha value is -1.35. The molecule has 2 fully saturated rings. The van der Waals surface area contributed by atoms with E-state index in [0.717, 1.165) is 23.1 Å². The van der Waals surface area contributed by atoms with Crippen molar-refractivity contribution in [1.82, 2.24) is 0 Å². The smallest absolute Gasteiger partial charge is 0.228 e. The quantitative estimate of drug-likeness (QED) is 0.862. The topological polar surface area (TPSA) is 46.2 Å². The second kappa shape index (κ2) is 4.84. The van der Waals surface area contributed by atoms with Gasteiger partial charge in [0.15, 0.2) is 5.78 Å². The van der Waals surface area contributed by atoms with Crippen LogP contribution < -0.4 is 5.32 Å². The molecule has 2 aliphatic carbocycles. The number of nitrogens with one attached hydrogen (secondary N) is 1. The molecule has 1 aromatic carbocycles. The zero-order valence-corrected chi connectivity index (χ0v) is 12.6. The first kappa shape index (κ1) is 13.3. The minimum absolute atomic E-state index is 0.0289. The molecule has 4 heteroatoms. The molecule has 3 atom stereocenters. The third-order valence-corrected chi connectivity index (χ3v) is 5.76. The van der Waals surface area contributed by atoms with Crippen molar-refractivity contribution in [3.05, 3.63) is 28.3 Å². The third-order valence-electron chi connectivity index (χ3n) is 5.45. The van der Waals surface area contributed by atoms with E-state index in [9.17, 15) is 9.59 Å². The average molecular weight is 304 g/mol. The molecular formula is C17H18ClNO2. The molecule has 1 N–H and O–H groups in total. The maximum absolute atomic E-state index is 12.6. The maximum atomic E-state index is 12.6. The second-order valence-electron chi connectivity index (χ2n) is 6.78. The normalized spacial score (nSPS) is 29.6. The number of benzene rings is 1. The van der Waals surface area contributed by atoms with Crippen molar-refractivity contribution in [1.29, 1.82) is 0 Å². The number of amides is 1. The Morgan fingerprint density at radius 3 is 2.86 bits per heavy atom. The van der Waals surface area contributed by atoms with Gasteiger partial charge in [-0.2, -0.15) is 0 Å². The Balaban J connectivity index is 1.55. The molecule has 1 amide bonds. The second-order valence-corrected chi connectivity index (χ2v) is 7.18. The Kier molecular flexibility index (Phi) is 3.07. The summed E-state index contributed by atoms with van der Waals surface area (Å²) in [6, 6.07) is 3.53. The Labute approximate surface area is 129 Å². The van der Waals surface area contributed by atoms with Crippen molar-refractivity contribution in [2.75, 3.05) is 5.32 Å². The largest absolute Gasteiger partial charge is 0.325 e. The zero-order chi connectivity index (χ0) is 14.6. The number of halogens is 1. The van der Waals surface area contributed by atoms with Crippen molar-refractivity contribution in [2.45, 2.75) is 38.5 Å². The number of anilines is 1. The molecule has 1 aliphatic heterocycles. The molecule has 2 saturated carbocycles. The Morgan fingerprint density at radius 2 is 2.14 bits per heavy atom. The molecule has 0 aromatic heterocycles. The molecule has 21 heavy (non-hydrogen) atoms. The summed E-state index contributed by atoms with van der Waals surface area (Å²) >= 11 is 6.24. The van der Waals surface area contributed by atoms with Crippen LogP contribution in [0, 0.1) is 17.8 Å². The van der Waals surface area contributed by atoms with Gasteiger partial charge in [-0.05, 0) is 54.7 Å². The standard InChI is InChI=1S/C17H18ClNO2/c18-14-8-15-12(7-17(21)19-15)5-13(14)16(20)6-11-4-9-1-2-10(11)3-9/h5,8-11H,1-4,6-7H2,(H,19,21). The molecule has 2 bridgehead atoms. The maximum Gasteiger partial charge on any atom is 0.228 e. The molecule has 3 aliphatic rings. The molecule has 3 unspecified atom stereocenters. The average Bonchev–Trinajstić information content (AvgIpc) is 3.11. The molecule has 1 heterocycles. The van der Waals surface area contributed by atoms with Gasteiger partial charge in [0.25, 0.3) is 0 Å². The Bertz CT molecular complexity index is 640. The van der Waals surface area contributed by atoms with Gasteiger partial charge in [-0.25, -0.2) is 0 Å². The van der Waals surface area contributed by atoms with Gasteiger partial charge in [0.2, 0.25) is 5.91 Å². The van der Waals surface area contributed by atoms with Crippen LogP contribution in [-0.4, -0.2) is 11.7 Å². The third kappa shape index (κ3) is 2.28. The van der Waals surface area contributed by atoms with E-state index in [1.54, 1.807) is 6.07 Å². The number of ketones is 1. The summed E-state index contributed by atoms with van der Waals surface area (Å²) in [5, 5.41) is 3.23. The lowest BCUT2D eigenvalue weighted by atomic mass is 9.84. The summed E-state index contributed by atoms with van der Waals surface area (Å²) in [5.74, 6) is 2.25. The van der Waals surface area contributed by atoms with Gasteiger partial charge < -0.3 is 5.32 Å². The fourth-order valence-electron chi connectivity index (χ4n) is 4.44. The number of fused-ring (bicyclic) bond motifs is 3. The summed E-state index contributed by atoms with van der Waals surface area (Å²) in [4.78, 5) is 24.0. The summed E-state index contributed by atoms with van der Waals surface area (Å²) in [6.45, 7) is 0. The van der Waals surface area contributed by atoms with Gasteiger partial charge in [0.05, 0.1) is 11.4 Å². The molecule has 110 valence electrons. The zero-order valence-electron chi connectivity index (χ0n) is 11.8. The highest BCUT2D eigenvalue weighted by molar-refractivity contribution is 6.34. The van der Waals surface area contributed by atoms with Gasteiger partial charge in [-0.1, -0.05) is 18.0 Å². The number of hydrogen-bond acceptors (Lipinski definition) is 2. The van der Waals surface area contributed by atoms with Gasteiger partial charge in [-0.3, -0.25) is 9.59 Å². The monoisotopic (exact) mass is 303 g/mol. The lowest BCUT2D eigenvalue weighted by Crippen LogP contribution is -2.15. The van der Waals surface area contributed by atoms with Gasteiger partial charge >= 0.3 is 0 Å². The summed E-state index contributed by atoms with van der Waals surface area (Å²) < 4.78 is 0. The van der Waals surface area contributed by atoms with Crippen molar-refractivity contribution < 1.29 is 9.59 Å². The van der Waals surface area contributed by atoms with E-state index >= 15 is 0 Å². The van der Waals surface area contributed by atoms with E-state index in [1.165, 1.54) is 25.7 Å². The van der Waals surface area contributed by atoms with Crippen LogP contribution in [0.3, 0.4) is 0 Å². The number of carbonyl (C=O) groups excluding carboxylic acids is 2. The van der Waals surface area contributed by atoms with Gasteiger partial charge in [0.1, 0.15) is 0 Å². The fraction of sp³-hybridized carbons (Fsp3) is 0.529. The molecule has 4 rings (SSSR count). The van der Waals surface area contributed by atoms with Crippen LogP contribution in [-0.2, 0) is 11.2 Å². The van der Waals surface area contributed by atoms with Gasteiger partial charge in [-0.15, -0.1) is 0 Å². The highest BCUT2D eigenvalue weighted by atomic mass is 35.5. The lowest BCUT2D eigenvalue weighted by molar-refractivity contribution is -0.115. The van der Waals surface area contributed by atoms with Crippen LogP contribution in [0.2, 0.25) is 5.02 Å². The number of rotatable bonds is 3. The van der Waals surface area contributed by atoms with E-state index in [0.29, 0.717) is 29.3 Å². The summed E-state index contributed by atoms with van der Waals surface area (Å²) in [5.41, 5.74) is 2.23. The molecule has 0 radical (unpaired) electrons. The molecule has 1 aromatic rings. The van der Waals surface area contributed by atoms with Crippen LogP contribution in [0.15, 0.2) is 12.1 Å². The van der Waals surface area contributed by atoms with E-state index < -0.39 is 0 Å². The number of Topliss-reactive ketones (excluding diaryl/α,β-unsaturated/α-hetero) is 1. The Morgan fingerprint density at radius 1 is 1.29 bits per heavy atom. The summed E-state index contributed by atoms with van der Waals surface area (Å²) in [6.07, 6.45) is 6.12. The summed E-state index contributed by atoms with van der Waals surface area (Å²) in [7, 11) is 0. The van der Waals surface area contributed by atoms with E-state index in [2.05, 4.69) is 5.32 Å². The predicted octanol–water partition coefficient (Wildman–Crippen LogP) is 3.84. The van der Waals surface area contributed by atoms with Crippen LogP contribution in [0.5, 0.6) is 0 Å². The fourth-order valence-corrected chi connectivity index (χ4v) is 4.71. The molecule has 0 spiro atoms. The lowest BCUT2D eigenvalue weighted by Gasteiger charge is -2.21. The first-order valence-corrected chi connectivity index (χ1v) is 8.13. The van der Waals surface area contributed by atoms with E-state index in [4.69, 9.17) is 11.6 Å². The first-order chi connectivity index (χ1) is 10.1. The van der Waals surface area contributed by atoms with Gasteiger partial charge in [0, 0.05) is 17.7 Å². The van der Waals surface area contributed by atoms with E-state index in [1.807, 2.05) is 6.07 Å². The van der Waals surface area contributed by atoms with Crippen LogP contribution in [0.25, 0.3) is 0 Å². The molecule has 0 saturated heterocycles. The number of carbonyl (C=O) groups is 2. The SMILES string of the molecule is O=C1Cc2cc(C(=O)CC3CC4CCC3C4)c(Cl)cc2N1. The molecular weight excluding hydrogens is 286 g/mol. The number of hydrogen-bond donors (Lipinski definition) is 1. The van der Waals surface area contributed by atoms with Crippen LogP contribution >= 0.6 is 11.6 Å². The first-order valence-electron chi connectivity index (χ1n) is 7.75. The minimum Gasteiger partial charge on any atom is -0.325 e. The van der Waals surface area contributed by atoms with Crippen molar-refractivity contribution in [3.63, 3.8) is 0 Å². The van der Waals surface area contributed by atoms with Crippen LogP contribution in [0.1, 0.15) is 48.0 Å². The van der Waals surface area contributed by atoms with E-state index in [-0.39, 0.29) is 11.7 Å². The molecule has 3 nitrogen and oxygen atoms in total. The minimum atomic E-state index is -0.0289. The highest BCUT2D eigenvalue weighted by Gasteiger charge is 2.40. The predicted molar refractivity (Wildman–Crippen MR) is 81.7 cm³/mol. The van der Waals surface area contributed by atoms with Crippen molar-refractivity contribution >= 4 is 29.0 Å². The highest BCUT2D eigenvalue weighted by Crippen LogP contribution is 2.50. The van der Waals surface area contributed by atoms with Crippen LogP contribution in [0.4, 0.5) is 5.69 Å². The van der Waals surface area contributed by atoms with Crippen molar-refractivity contribution in [2.24, 2.45) is 17.8 Å².